The molecule has 1 unspecified atom stereocenters. The highest BCUT2D eigenvalue weighted by molar-refractivity contribution is 5.73. The summed E-state index contributed by atoms with van der Waals surface area (Å²) in [6, 6.07) is 9.92. The first-order valence-electron chi connectivity index (χ1n) is 11.6. The first kappa shape index (κ1) is 26.4. The van der Waals surface area contributed by atoms with Gasteiger partial charge in [0.05, 0.1) is 13.2 Å². The van der Waals surface area contributed by atoms with Gasteiger partial charge in [0.2, 0.25) is 6.79 Å². The molecule has 0 amide bonds. The predicted octanol–water partition coefficient (Wildman–Crippen LogP) is 2.92. The van der Waals surface area contributed by atoms with Crippen LogP contribution in [0.5, 0.6) is 11.5 Å². The molecule has 0 bridgehead atoms. The average Bonchev–Trinajstić information content (AvgIpc) is 3.50. The Bertz CT molecular complexity index is 1230. The molecule has 14 heteroatoms. The fourth-order valence-electron chi connectivity index (χ4n) is 3.76. The van der Waals surface area contributed by atoms with E-state index in [0.29, 0.717) is 23.1 Å². The van der Waals surface area contributed by atoms with Crippen molar-refractivity contribution in [1.82, 2.24) is 24.7 Å². The summed E-state index contributed by atoms with van der Waals surface area (Å²) in [5, 5.41) is 24.1. The van der Waals surface area contributed by atoms with E-state index >= 15 is 0 Å². The van der Waals surface area contributed by atoms with Crippen LogP contribution in [0.25, 0.3) is 17.0 Å². The van der Waals surface area contributed by atoms with Crippen molar-refractivity contribution in [2.24, 2.45) is 5.92 Å². The summed E-state index contributed by atoms with van der Waals surface area (Å²) in [5.74, 6) is 0.624. The summed E-state index contributed by atoms with van der Waals surface area (Å²) in [4.78, 5) is 11.3. The van der Waals surface area contributed by atoms with Gasteiger partial charge in [-0.3, -0.25) is 4.90 Å². The lowest BCUT2D eigenvalue weighted by Gasteiger charge is -2.32. The van der Waals surface area contributed by atoms with Crippen molar-refractivity contribution in [3.63, 3.8) is 0 Å². The van der Waals surface area contributed by atoms with Crippen LogP contribution < -0.4 is 14.8 Å². The number of morpholine rings is 1. The molecule has 1 aromatic carbocycles. The fourth-order valence-corrected chi connectivity index (χ4v) is 3.76. The third-order valence-corrected chi connectivity index (χ3v) is 5.83. The number of nitrogens with one attached hydrogen (secondary N) is 1. The maximum atomic E-state index is 10.6. The third kappa shape index (κ3) is 6.57. The fraction of sp³-hybridized carbons (Fsp3) is 0.478. The molecule has 37 heavy (non-hydrogen) atoms. The zero-order valence-electron chi connectivity index (χ0n) is 20.2. The van der Waals surface area contributed by atoms with E-state index in [9.17, 15) is 13.2 Å². The van der Waals surface area contributed by atoms with Crippen LogP contribution in [-0.4, -0.2) is 87.6 Å². The summed E-state index contributed by atoms with van der Waals surface area (Å²) in [6.07, 6.45) is -5.08. The minimum Gasteiger partial charge on any atom is -0.475 e. The molecular weight excluding hydrogens is 497 g/mol. The van der Waals surface area contributed by atoms with Crippen molar-refractivity contribution < 1.29 is 37.3 Å². The number of nitrogens with zero attached hydrogens (tertiary/aromatic N) is 5. The number of carboxylic acids is 1. The first-order chi connectivity index (χ1) is 17.6. The third-order valence-electron chi connectivity index (χ3n) is 5.83. The molecule has 5 rings (SSSR count). The Hall–Kier alpha value is -3.65. The standard InChI is InChI=1S/C21H26N6O3.C2HF3O2/c1-14(2)16(12-26-7-9-28-10-8-26)22-19-5-6-20-23-24-21(27(20)25-19)15-3-4-17-18(11-15)30-13-29-17;3-2(4,5)1(6)7/h3-6,11,14,16H,7-10,12-13H2,1-2H3,(H,22,25);(H,6,7). The van der Waals surface area contributed by atoms with E-state index in [2.05, 4.69) is 34.3 Å². The predicted molar refractivity (Wildman–Crippen MR) is 126 cm³/mol. The summed E-state index contributed by atoms with van der Waals surface area (Å²) in [5.41, 5.74) is 1.58. The van der Waals surface area contributed by atoms with Crippen LogP contribution in [0.2, 0.25) is 0 Å². The van der Waals surface area contributed by atoms with Gasteiger partial charge in [0.15, 0.2) is 23.0 Å². The molecule has 3 aromatic rings. The van der Waals surface area contributed by atoms with E-state index in [1.807, 2.05) is 30.3 Å². The molecule has 4 heterocycles. The second kappa shape index (κ2) is 11.2. The molecule has 1 saturated heterocycles. The Labute approximate surface area is 210 Å². The van der Waals surface area contributed by atoms with Gasteiger partial charge < -0.3 is 24.6 Å². The van der Waals surface area contributed by atoms with Crippen LogP contribution >= 0.6 is 0 Å². The minimum absolute atomic E-state index is 0.241. The number of benzene rings is 1. The van der Waals surface area contributed by atoms with Gasteiger partial charge in [-0.2, -0.15) is 17.7 Å². The Kier molecular flexibility index (Phi) is 7.97. The highest BCUT2D eigenvalue weighted by Gasteiger charge is 2.38. The molecule has 2 aliphatic heterocycles. The molecule has 2 aromatic heterocycles. The topological polar surface area (TPSA) is 123 Å². The van der Waals surface area contributed by atoms with Crippen LogP contribution in [0, 0.1) is 5.92 Å². The van der Waals surface area contributed by atoms with Crippen LogP contribution in [-0.2, 0) is 9.53 Å². The van der Waals surface area contributed by atoms with Crippen LogP contribution in [0.15, 0.2) is 30.3 Å². The first-order valence-corrected chi connectivity index (χ1v) is 11.6. The normalized spacial score (nSPS) is 16.4. The maximum absolute atomic E-state index is 10.6. The second-order valence-electron chi connectivity index (χ2n) is 8.79. The summed E-state index contributed by atoms with van der Waals surface area (Å²) in [7, 11) is 0. The monoisotopic (exact) mass is 524 g/mol. The zero-order valence-corrected chi connectivity index (χ0v) is 20.2. The van der Waals surface area contributed by atoms with Gasteiger partial charge in [-0.1, -0.05) is 13.8 Å². The van der Waals surface area contributed by atoms with Crippen molar-refractivity contribution in [3.05, 3.63) is 30.3 Å². The Morgan fingerprint density at radius 3 is 2.49 bits per heavy atom. The molecule has 1 fully saturated rings. The molecule has 0 saturated carbocycles. The van der Waals surface area contributed by atoms with Gasteiger partial charge >= 0.3 is 12.1 Å². The molecular formula is C23H27F3N6O5. The average molecular weight is 525 g/mol. The van der Waals surface area contributed by atoms with Crippen molar-refractivity contribution in [2.45, 2.75) is 26.1 Å². The number of anilines is 1. The van der Waals surface area contributed by atoms with Crippen molar-refractivity contribution >= 4 is 17.4 Å². The van der Waals surface area contributed by atoms with Crippen LogP contribution in [0.3, 0.4) is 0 Å². The number of hydrogen-bond acceptors (Lipinski definition) is 9. The highest BCUT2D eigenvalue weighted by Crippen LogP contribution is 2.35. The maximum Gasteiger partial charge on any atom is 0.490 e. The van der Waals surface area contributed by atoms with E-state index in [4.69, 9.17) is 29.2 Å². The molecule has 11 nitrogen and oxygen atoms in total. The summed E-state index contributed by atoms with van der Waals surface area (Å²) >= 11 is 0. The number of carboxylic acid groups (broad SMARTS) is 1. The van der Waals surface area contributed by atoms with Crippen molar-refractivity contribution in [2.75, 3.05) is 45.0 Å². The lowest BCUT2D eigenvalue weighted by Crippen LogP contribution is -2.45. The second-order valence-corrected chi connectivity index (χ2v) is 8.79. The molecule has 200 valence electrons. The van der Waals surface area contributed by atoms with Crippen molar-refractivity contribution in [3.8, 4) is 22.9 Å². The lowest BCUT2D eigenvalue weighted by molar-refractivity contribution is -0.192. The number of hydrogen-bond donors (Lipinski definition) is 2. The van der Waals surface area contributed by atoms with Gasteiger partial charge in [-0.05, 0) is 36.2 Å². The van der Waals surface area contributed by atoms with Gasteiger partial charge in [0, 0.05) is 31.2 Å². The molecule has 1 atom stereocenters. The van der Waals surface area contributed by atoms with Gasteiger partial charge in [0.1, 0.15) is 5.82 Å². The summed E-state index contributed by atoms with van der Waals surface area (Å²) < 4.78 is 49.9. The number of alkyl halides is 3. The number of carbonyl (C=O) groups is 1. The van der Waals surface area contributed by atoms with Crippen LogP contribution in [0.4, 0.5) is 19.0 Å². The lowest BCUT2D eigenvalue weighted by atomic mass is 10.0. The Morgan fingerprint density at radius 1 is 1.11 bits per heavy atom. The van der Waals surface area contributed by atoms with Gasteiger partial charge in [0.25, 0.3) is 0 Å². The quantitative estimate of drug-likeness (QED) is 0.498. The molecule has 0 spiro atoms. The zero-order chi connectivity index (χ0) is 26.6. The minimum atomic E-state index is -5.08. The molecule has 2 aliphatic rings. The van der Waals surface area contributed by atoms with Crippen LogP contribution in [0.1, 0.15) is 13.8 Å². The van der Waals surface area contributed by atoms with E-state index in [0.717, 1.165) is 50.0 Å². The Morgan fingerprint density at radius 2 is 1.81 bits per heavy atom. The number of aromatic nitrogens is 4. The number of halogens is 3. The Balaban J connectivity index is 0.000000405. The number of fused-ring (bicyclic) bond motifs is 2. The smallest absolute Gasteiger partial charge is 0.475 e. The van der Waals surface area contributed by atoms with E-state index in [1.165, 1.54) is 0 Å². The van der Waals surface area contributed by atoms with E-state index in [1.54, 1.807) is 4.52 Å². The summed E-state index contributed by atoms with van der Waals surface area (Å²) in [6.45, 7) is 9.20. The molecule has 2 N–H and O–H groups in total. The van der Waals surface area contributed by atoms with Gasteiger partial charge in [-0.15, -0.1) is 15.3 Å². The number of rotatable bonds is 6. The highest BCUT2D eigenvalue weighted by atomic mass is 19.4. The number of ether oxygens (including phenoxy) is 3. The van der Waals surface area contributed by atoms with E-state index in [-0.39, 0.29) is 12.8 Å². The largest absolute Gasteiger partial charge is 0.490 e. The van der Waals surface area contributed by atoms with Crippen molar-refractivity contribution in [1.29, 1.82) is 0 Å². The molecule has 0 aliphatic carbocycles. The van der Waals surface area contributed by atoms with Gasteiger partial charge in [-0.25, -0.2) is 4.79 Å². The molecule has 0 radical (unpaired) electrons. The number of aliphatic carboxylic acids is 1. The SMILES string of the molecule is CC(C)C(CN1CCOCC1)Nc1ccc2nnc(-c3ccc4c(c3)OCO4)n2n1.O=C(O)C(F)(F)F. The van der Waals surface area contributed by atoms with E-state index < -0.39 is 12.1 Å².